The zero-order chi connectivity index (χ0) is 15.1. The number of nitrogens with two attached hydrogens (primary N) is 1. The average Bonchev–Trinajstić information content (AvgIpc) is 3.04. The molecule has 1 aliphatic heterocycles. The summed E-state index contributed by atoms with van der Waals surface area (Å²) >= 11 is 0. The van der Waals surface area contributed by atoms with Crippen LogP contribution in [-0.2, 0) is 0 Å². The minimum atomic E-state index is -0.0595. The van der Waals surface area contributed by atoms with E-state index in [2.05, 4.69) is 15.1 Å². The van der Waals surface area contributed by atoms with Crippen LogP contribution in [0.4, 0.5) is 5.95 Å². The van der Waals surface area contributed by atoms with E-state index in [0.29, 0.717) is 0 Å². The fourth-order valence-corrected chi connectivity index (χ4v) is 3.27. The van der Waals surface area contributed by atoms with Gasteiger partial charge in [0.1, 0.15) is 6.33 Å². The molecule has 0 bridgehead atoms. The van der Waals surface area contributed by atoms with Crippen molar-refractivity contribution in [3.05, 3.63) is 30.1 Å². The van der Waals surface area contributed by atoms with Crippen LogP contribution in [0, 0.1) is 0 Å². The van der Waals surface area contributed by atoms with Gasteiger partial charge in [-0.3, -0.25) is 4.40 Å². The Morgan fingerprint density at radius 1 is 1.17 bits per heavy atom. The molecule has 0 radical (unpaired) electrons. The Morgan fingerprint density at radius 2 is 1.96 bits per heavy atom. The molecule has 1 fully saturated rings. The first-order valence-corrected chi connectivity index (χ1v) is 7.88. The van der Waals surface area contributed by atoms with Crippen molar-refractivity contribution in [3.63, 3.8) is 0 Å². The van der Waals surface area contributed by atoms with Crippen molar-refractivity contribution in [2.24, 2.45) is 5.73 Å². The summed E-state index contributed by atoms with van der Waals surface area (Å²) in [4.78, 5) is 7.28. The predicted molar refractivity (Wildman–Crippen MR) is 94.2 cm³/mol. The van der Waals surface area contributed by atoms with Crippen molar-refractivity contribution in [3.8, 4) is 0 Å². The Morgan fingerprint density at radius 3 is 2.70 bits per heavy atom. The SMILES string of the molecule is CC(N)c1cccc2c1nc(N1CCCCC1)n1cnnc21.Cl. The van der Waals surface area contributed by atoms with Gasteiger partial charge in [0.25, 0.3) is 0 Å². The zero-order valence-corrected chi connectivity index (χ0v) is 14.0. The molecule has 1 aromatic carbocycles. The van der Waals surface area contributed by atoms with Gasteiger partial charge in [0, 0.05) is 24.5 Å². The molecule has 1 aliphatic rings. The molecule has 6 nitrogen and oxygen atoms in total. The van der Waals surface area contributed by atoms with Crippen LogP contribution in [-0.4, -0.2) is 32.7 Å². The van der Waals surface area contributed by atoms with Crippen LogP contribution in [0.15, 0.2) is 24.5 Å². The second-order valence-corrected chi connectivity index (χ2v) is 6.02. The summed E-state index contributed by atoms with van der Waals surface area (Å²) in [6.45, 7) is 4.06. The van der Waals surface area contributed by atoms with Gasteiger partial charge in [0.05, 0.1) is 5.52 Å². The van der Waals surface area contributed by atoms with E-state index in [9.17, 15) is 0 Å². The molecule has 0 amide bonds. The second kappa shape index (κ2) is 6.29. The summed E-state index contributed by atoms with van der Waals surface area (Å²) in [6, 6.07) is 6.04. The van der Waals surface area contributed by atoms with Crippen molar-refractivity contribution in [1.82, 2.24) is 19.6 Å². The van der Waals surface area contributed by atoms with E-state index < -0.39 is 0 Å². The highest BCUT2D eigenvalue weighted by molar-refractivity contribution is 5.94. The molecule has 4 rings (SSSR count). The Bertz CT molecular complexity index is 822. The van der Waals surface area contributed by atoms with Crippen LogP contribution in [0.1, 0.15) is 37.8 Å². The molecular formula is C16H21ClN6. The maximum atomic E-state index is 6.13. The Hall–Kier alpha value is -1.92. The quantitative estimate of drug-likeness (QED) is 0.781. The van der Waals surface area contributed by atoms with Gasteiger partial charge in [0.2, 0.25) is 5.95 Å². The number of anilines is 1. The number of fused-ring (bicyclic) bond motifs is 3. The lowest BCUT2D eigenvalue weighted by atomic mass is 10.1. The molecule has 0 aliphatic carbocycles. The molecule has 2 N–H and O–H groups in total. The Balaban J connectivity index is 0.00000156. The van der Waals surface area contributed by atoms with Gasteiger partial charge in [-0.15, -0.1) is 22.6 Å². The van der Waals surface area contributed by atoms with Gasteiger partial charge in [-0.2, -0.15) is 0 Å². The highest BCUT2D eigenvalue weighted by atomic mass is 35.5. The van der Waals surface area contributed by atoms with Gasteiger partial charge in [-0.1, -0.05) is 12.1 Å². The molecule has 7 heteroatoms. The van der Waals surface area contributed by atoms with Crippen molar-refractivity contribution in [2.45, 2.75) is 32.2 Å². The largest absolute Gasteiger partial charge is 0.342 e. The summed E-state index contributed by atoms with van der Waals surface area (Å²) in [7, 11) is 0. The fraction of sp³-hybridized carbons (Fsp3) is 0.438. The van der Waals surface area contributed by atoms with Crippen LogP contribution >= 0.6 is 12.4 Å². The topological polar surface area (TPSA) is 72.3 Å². The first kappa shape index (κ1) is 16.0. The molecule has 0 saturated carbocycles. The third kappa shape index (κ3) is 2.62. The third-order valence-corrected chi connectivity index (χ3v) is 4.41. The van der Waals surface area contributed by atoms with Crippen LogP contribution < -0.4 is 10.6 Å². The van der Waals surface area contributed by atoms with E-state index >= 15 is 0 Å². The van der Waals surface area contributed by atoms with E-state index in [4.69, 9.17) is 10.7 Å². The monoisotopic (exact) mass is 332 g/mol. The summed E-state index contributed by atoms with van der Waals surface area (Å²) in [5.41, 5.74) is 8.99. The smallest absolute Gasteiger partial charge is 0.213 e. The molecule has 2 aromatic heterocycles. The van der Waals surface area contributed by atoms with Gasteiger partial charge < -0.3 is 10.6 Å². The molecule has 1 saturated heterocycles. The van der Waals surface area contributed by atoms with E-state index in [0.717, 1.165) is 41.2 Å². The molecule has 23 heavy (non-hydrogen) atoms. The number of halogens is 1. The molecule has 1 unspecified atom stereocenters. The van der Waals surface area contributed by atoms with Crippen molar-refractivity contribution < 1.29 is 0 Å². The van der Waals surface area contributed by atoms with Crippen LogP contribution in [0.25, 0.3) is 16.6 Å². The van der Waals surface area contributed by atoms with E-state index in [1.807, 2.05) is 29.5 Å². The third-order valence-electron chi connectivity index (χ3n) is 4.41. The summed E-state index contributed by atoms with van der Waals surface area (Å²) in [5, 5.41) is 9.41. The van der Waals surface area contributed by atoms with Crippen LogP contribution in [0.2, 0.25) is 0 Å². The number of para-hydroxylation sites is 1. The molecule has 0 spiro atoms. The van der Waals surface area contributed by atoms with Crippen LogP contribution in [0.3, 0.4) is 0 Å². The lowest BCUT2D eigenvalue weighted by molar-refractivity contribution is 0.566. The Labute approximate surface area is 141 Å². The highest BCUT2D eigenvalue weighted by Crippen LogP contribution is 2.28. The number of hydrogen-bond donors (Lipinski definition) is 1. The number of hydrogen-bond acceptors (Lipinski definition) is 5. The number of nitrogens with zero attached hydrogens (tertiary/aromatic N) is 5. The van der Waals surface area contributed by atoms with Crippen molar-refractivity contribution >= 4 is 34.9 Å². The average molecular weight is 333 g/mol. The summed E-state index contributed by atoms with van der Waals surface area (Å²) < 4.78 is 2.00. The Kier molecular flexibility index (Phi) is 4.37. The number of rotatable bonds is 2. The first-order chi connectivity index (χ1) is 10.8. The van der Waals surface area contributed by atoms with Gasteiger partial charge >= 0.3 is 0 Å². The number of aromatic nitrogens is 4. The van der Waals surface area contributed by atoms with Crippen molar-refractivity contribution in [2.75, 3.05) is 18.0 Å². The van der Waals surface area contributed by atoms with Gasteiger partial charge in [-0.05, 0) is 37.8 Å². The maximum absolute atomic E-state index is 6.13. The highest BCUT2D eigenvalue weighted by Gasteiger charge is 2.19. The summed E-state index contributed by atoms with van der Waals surface area (Å²) in [5.74, 6) is 0.931. The summed E-state index contributed by atoms with van der Waals surface area (Å²) in [6.07, 6.45) is 5.46. The molecule has 122 valence electrons. The molecule has 3 aromatic rings. The number of benzene rings is 1. The molecule has 1 atom stereocenters. The fourth-order valence-electron chi connectivity index (χ4n) is 3.27. The minimum absolute atomic E-state index is 0. The standard InChI is InChI=1S/C16H20N6.ClH/c1-11(17)12-6-5-7-13-14(12)19-16(21-8-3-2-4-9-21)22-10-18-20-15(13)22;/h5-7,10-11H,2-4,8-9,17H2,1H3;1H. The number of piperidine rings is 1. The van der Waals surface area contributed by atoms with Gasteiger partial charge in [0.15, 0.2) is 5.65 Å². The minimum Gasteiger partial charge on any atom is -0.342 e. The van der Waals surface area contributed by atoms with Crippen LogP contribution in [0.5, 0.6) is 0 Å². The maximum Gasteiger partial charge on any atom is 0.213 e. The van der Waals surface area contributed by atoms with E-state index in [1.54, 1.807) is 6.33 Å². The van der Waals surface area contributed by atoms with E-state index in [1.165, 1.54) is 19.3 Å². The normalized spacial score (nSPS) is 16.5. The zero-order valence-electron chi connectivity index (χ0n) is 13.1. The molecule has 3 heterocycles. The molecular weight excluding hydrogens is 312 g/mol. The second-order valence-electron chi connectivity index (χ2n) is 6.02. The predicted octanol–water partition coefficient (Wildman–Crippen LogP) is 2.71. The first-order valence-electron chi connectivity index (χ1n) is 7.88. The lowest BCUT2D eigenvalue weighted by Crippen LogP contribution is -2.32. The van der Waals surface area contributed by atoms with E-state index in [-0.39, 0.29) is 18.4 Å². The van der Waals surface area contributed by atoms with Crippen molar-refractivity contribution in [1.29, 1.82) is 0 Å². The van der Waals surface area contributed by atoms with Gasteiger partial charge in [-0.25, -0.2) is 4.98 Å². The lowest BCUT2D eigenvalue weighted by Gasteiger charge is -2.28.